The first-order valence-corrected chi connectivity index (χ1v) is 8.35. The van der Waals surface area contributed by atoms with Crippen molar-refractivity contribution in [3.05, 3.63) is 33.6 Å². The van der Waals surface area contributed by atoms with E-state index in [1.54, 1.807) is 0 Å². The second kappa shape index (κ2) is 8.62. The first-order chi connectivity index (χ1) is 9.95. The molecule has 7 heteroatoms. The predicted octanol–water partition coefficient (Wildman–Crippen LogP) is 4.37. The van der Waals surface area contributed by atoms with E-state index in [1.165, 1.54) is 11.3 Å². The summed E-state index contributed by atoms with van der Waals surface area (Å²) in [5.74, 6) is -0.0385. The summed E-state index contributed by atoms with van der Waals surface area (Å²) in [4.78, 5) is 17.4. The molecule has 0 aliphatic rings. The molecule has 0 spiro atoms. The highest BCUT2D eigenvalue weighted by Crippen LogP contribution is 2.31. The number of halogens is 2. The fourth-order valence-electron chi connectivity index (χ4n) is 1.87. The Morgan fingerprint density at radius 2 is 2.05 bits per heavy atom. The van der Waals surface area contributed by atoms with E-state index < -0.39 is 0 Å². The molecule has 2 rings (SSSR count). The Morgan fingerprint density at radius 3 is 2.64 bits per heavy atom. The summed E-state index contributed by atoms with van der Waals surface area (Å²) in [6.07, 6.45) is 1.10. The lowest BCUT2D eigenvalue weighted by Gasteiger charge is -2.04. The summed E-state index contributed by atoms with van der Waals surface area (Å²) in [5, 5.41) is 3.48. The quantitative estimate of drug-likeness (QED) is 0.777. The van der Waals surface area contributed by atoms with Crippen LogP contribution in [0.3, 0.4) is 0 Å². The van der Waals surface area contributed by atoms with Gasteiger partial charge in [0.2, 0.25) is 5.91 Å². The largest absolute Gasteiger partial charge is 0.328 e. The fourth-order valence-corrected chi connectivity index (χ4v) is 2.98. The van der Waals surface area contributed by atoms with Crippen molar-refractivity contribution in [3.63, 3.8) is 0 Å². The number of benzene rings is 1. The molecule has 0 saturated carbocycles. The average molecular weight is 405 g/mol. The number of aromatic nitrogens is 1. The van der Waals surface area contributed by atoms with E-state index in [0.717, 1.165) is 20.6 Å². The third kappa shape index (κ3) is 5.35. The van der Waals surface area contributed by atoms with Crippen LogP contribution in [0.2, 0.25) is 0 Å². The molecule has 1 heterocycles. The monoisotopic (exact) mass is 403 g/mol. The van der Waals surface area contributed by atoms with Crippen LogP contribution in [0.15, 0.2) is 28.7 Å². The van der Waals surface area contributed by atoms with Gasteiger partial charge < -0.3 is 11.1 Å². The Hall–Kier alpha value is -0.950. The summed E-state index contributed by atoms with van der Waals surface area (Å²) in [5.41, 5.74) is 7.61. The number of rotatable bonds is 5. The van der Waals surface area contributed by atoms with Crippen LogP contribution in [-0.4, -0.2) is 16.9 Å². The predicted molar refractivity (Wildman–Crippen MR) is 98.7 cm³/mol. The number of amides is 1. The number of carbonyl (C=O) groups is 1. The Bertz CT molecular complexity index is 628. The molecule has 22 heavy (non-hydrogen) atoms. The lowest BCUT2D eigenvalue weighted by atomic mass is 10.1. The second-order valence-electron chi connectivity index (χ2n) is 4.99. The molecule has 1 aromatic carbocycles. The van der Waals surface area contributed by atoms with Crippen molar-refractivity contribution in [3.8, 4) is 11.3 Å². The Labute approximate surface area is 149 Å². The van der Waals surface area contributed by atoms with E-state index in [2.05, 4.69) is 26.2 Å². The summed E-state index contributed by atoms with van der Waals surface area (Å²) in [6, 6.07) is 8.01. The highest BCUT2D eigenvalue weighted by molar-refractivity contribution is 9.10. The van der Waals surface area contributed by atoms with E-state index in [9.17, 15) is 4.79 Å². The molecule has 0 aliphatic heterocycles. The molecule has 120 valence electrons. The van der Waals surface area contributed by atoms with Gasteiger partial charge in [0, 0.05) is 27.4 Å². The van der Waals surface area contributed by atoms with Gasteiger partial charge in [-0.05, 0) is 32.4 Å². The number of nitrogens with one attached hydrogen (secondary N) is 1. The summed E-state index contributed by atoms with van der Waals surface area (Å²) >= 11 is 4.91. The van der Waals surface area contributed by atoms with Crippen LogP contribution >= 0.6 is 39.7 Å². The van der Waals surface area contributed by atoms with Crippen LogP contribution in [0.5, 0.6) is 0 Å². The molecule has 1 aromatic heterocycles. The number of nitrogens with two attached hydrogens (primary N) is 1. The number of hydrogen-bond acceptors (Lipinski definition) is 4. The van der Waals surface area contributed by atoms with Crippen molar-refractivity contribution in [2.75, 3.05) is 5.32 Å². The van der Waals surface area contributed by atoms with Gasteiger partial charge in [-0.1, -0.05) is 28.1 Å². The number of hydrogen-bond donors (Lipinski definition) is 2. The normalized spacial score (nSPS) is 11.6. The molecule has 0 radical (unpaired) electrons. The molecule has 2 aromatic rings. The Morgan fingerprint density at radius 1 is 1.41 bits per heavy atom. The van der Waals surface area contributed by atoms with Crippen LogP contribution < -0.4 is 11.1 Å². The van der Waals surface area contributed by atoms with Crippen molar-refractivity contribution in [2.24, 2.45) is 5.73 Å². The van der Waals surface area contributed by atoms with Crippen LogP contribution in [0.1, 0.15) is 24.6 Å². The standard InChI is InChI=1S/C15H18BrN3OS.ClH/c1-9(17)3-8-13(20)18-15-19-14(10(2)21-15)11-4-6-12(16)7-5-11;/h4-7,9H,3,8,17H2,1-2H3,(H,18,19,20);1H. The van der Waals surface area contributed by atoms with E-state index in [0.29, 0.717) is 18.0 Å². The second-order valence-corrected chi connectivity index (χ2v) is 7.11. The van der Waals surface area contributed by atoms with Gasteiger partial charge in [0.1, 0.15) is 0 Å². The molecule has 3 N–H and O–H groups in total. The molecule has 1 unspecified atom stereocenters. The minimum absolute atomic E-state index is 0. The minimum Gasteiger partial charge on any atom is -0.328 e. The zero-order valence-corrected chi connectivity index (χ0v) is 15.6. The van der Waals surface area contributed by atoms with Gasteiger partial charge in [0.25, 0.3) is 0 Å². The highest BCUT2D eigenvalue weighted by atomic mass is 79.9. The molecular weight excluding hydrogens is 386 g/mol. The van der Waals surface area contributed by atoms with E-state index in [-0.39, 0.29) is 24.4 Å². The number of aryl methyl sites for hydroxylation is 1. The minimum atomic E-state index is -0.0385. The lowest BCUT2D eigenvalue weighted by molar-refractivity contribution is -0.116. The van der Waals surface area contributed by atoms with Gasteiger partial charge in [-0.2, -0.15) is 0 Å². The molecule has 0 fully saturated rings. The number of thiazole rings is 1. The number of nitrogens with zero attached hydrogens (tertiary/aromatic N) is 1. The van der Waals surface area contributed by atoms with E-state index in [4.69, 9.17) is 5.73 Å². The number of carbonyl (C=O) groups excluding carboxylic acids is 1. The van der Waals surface area contributed by atoms with Gasteiger partial charge in [0.05, 0.1) is 5.69 Å². The van der Waals surface area contributed by atoms with Crippen LogP contribution in [-0.2, 0) is 4.79 Å². The molecule has 0 saturated heterocycles. The van der Waals surface area contributed by atoms with Gasteiger partial charge in [-0.25, -0.2) is 4.98 Å². The third-order valence-electron chi connectivity index (χ3n) is 2.99. The van der Waals surface area contributed by atoms with Crippen LogP contribution in [0.25, 0.3) is 11.3 Å². The molecule has 0 bridgehead atoms. The van der Waals surface area contributed by atoms with Crippen LogP contribution in [0.4, 0.5) is 5.13 Å². The first kappa shape index (κ1) is 19.1. The average Bonchev–Trinajstić information content (AvgIpc) is 2.78. The van der Waals surface area contributed by atoms with Gasteiger partial charge in [0.15, 0.2) is 5.13 Å². The van der Waals surface area contributed by atoms with Crippen molar-refractivity contribution >= 4 is 50.7 Å². The molecule has 1 amide bonds. The molecule has 4 nitrogen and oxygen atoms in total. The summed E-state index contributed by atoms with van der Waals surface area (Å²) < 4.78 is 1.03. The van der Waals surface area contributed by atoms with Crippen molar-refractivity contribution in [2.45, 2.75) is 32.7 Å². The number of anilines is 1. The van der Waals surface area contributed by atoms with Crippen molar-refractivity contribution in [1.29, 1.82) is 0 Å². The lowest BCUT2D eigenvalue weighted by Crippen LogP contribution is -2.19. The fraction of sp³-hybridized carbons (Fsp3) is 0.333. The molecule has 0 aliphatic carbocycles. The van der Waals surface area contributed by atoms with Crippen molar-refractivity contribution < 1.29 is 4.79 Å². The summed E-state index contributed by atoms with van der Waals surface area (Å²) in [7, 11) is 0. The van der Waals surface area contributed by atoms with E-state index >= 15 is 0 Å². The highest BCUT2D eigenvalue weighted by Gasteiger charge is 2.12. The topological polar surface area (TPSA) is 68.0 Å². The maximum atomic E-state index is 11.8. The zero-order chi connectivity index (χ0) is 15.4. The van der Waals surface area contributed by atoms with Gasteiger partial charge in [-0.3, -0.25) is 4.79 Å². The van der Waals surface area contributed by atoms with Crippen LogP contribution in [0, 0.1) is 6.92 Å². The van der Waals surface area contributed by atoms with Gasteiger partial charge >= 0.3 is 0 Å². The molecule has 1 atom stereocenters. The van der Waals surface area contributed by atoms with Crippen molar-refractivity contribution in [1.82, 2.24) is 4.98 Å². The maximum Gasteiger partial charge on any atom is 0.226 e. The Kier molecular flexibility index (Phi) is 7.48. The van der Waals surface area contributed by atoms with Gasteiger partial charge in [-0.15, -0.1) is 23.7 Å². The zero-order valence-electron chi connectivity index (χ0n) is 12.4. The third-order valence-corrected chi connectivity index (χ3v) is 4.40. The summed E-state index contributed by atoms with van der Waals surface area (Å²) in [6.45, 7) is 3.90. The Balaban J connectivity index is 0.00000242. The molecular formula is C15H19BrClN3OS. The smallest absolute Gasteiger partial charge is 0.226 e. The first-order valence-electron chi connectivity index (χ1n) is 6.74. The SMILES string of the molecule is Cc1sc(NC(=O)CCC(C)N)nc1-c1ccc(Br)cc1.Cl. The maximum absolute atomic E-state index is 11.8. The van der Waals surface area contributed by atoms with E-state index in [1.807, 2.05) is 38.1 Å².